The summed E-state index contributed by atoms with van der Waals surface area (Å²) in [5.74, 6) is 0. The van der Waals surface area contributed by atoms with E-state index in [-0.39, 0.29) is 6.04 Å². The fraction of sp³-hybridized carbons (Fsp3) is 0.750. The molecule has 0 aliphatic carbocycles. The van der Waals surface area contributed by atoms with E-state index in [1.54, 1.807) is 13.8 Å². The van der Waals surface area contributed by atoms with Gasteiger partial charge < -0.3 is 0 Å². The van der Waals surface area contributed by atoms with Crippen molar-refractivity contribution in [1.82, 2.24) is 20.2 Å². The van der Waals surface area contributed by atoms with Gasteiger partial charge >= 0.3 is 5.16 Å². The highest BCUT2D eigenvalue weighted by Crippen LogP contribution is 2.08. The summed E-state index contributed by atoms with van der Waals surface area (Å²) < 4.78 is 21.3. The predicted octanol–water partition coefficient (Wildman–Crippen LogP) is 0.181. The van der Waals surface area contributed by atoms with Gasteiger partial charge in [-0.15, -0.1) is 5.10 Å². The molecule has 12 heavy (non-hydrogen) atoms. The molecule has 1 heterocycles. The molecule has 0 atom stereocenters. The molecule has 0 radical (unpaired) electrons. The molecule has 0 N–H and O–H groups in total. The van der Waals surface area contributed by atoms with Crippen LogP contribution in [0.5, 0.6) is 0 Å². The van der Waals surface area contributed by atoms with Gasteiger partial charge in [0.2, 0.25) is 0 Å². The van der Waals surface area contributed by atoms with Crippen LogP contribution in [0.2, 0.25) is 0 Å². The van der Waals surface area contributed by atoms with E-state index in [2.05, 4.69) is 15.4 Å². The second kappa shape index (κ2) is 2.98. The average Bonchev–Trinajstić information content (AvgIpc) is 2.30. The Kier molecular flexibility index (Phi) is 2.34. The van der Waals surface area contributed by atoms with Crippen LogP contribution in [-0.4, -0.2) is 28.6 Å². The van der Waals surface area contributed by atoms with Gasteiger partial charge in [-0.05, 0) is 19.1 Å². The number of tetrazole rings is 1. The smallest absolute Gasteiger partial charge is 0.203 e. The first kappa shape index (κ1) is 9.40. The fourth-order valence-electron chi connectivity index (χ4n) is 0.528. The van der Waals surface area contributed by atoms with Gasteiger partial charge in [0.05, 0.1) is 6.04 Å². The Morgan fingerprint density at radius 2 is 2.08 bits per heavy atom. The minimum atomic E-state index is -3.85. The maximum absolute atomic E-state index is 10.7. The van der Waals surface area contributed by atoms with Crippen molar-refractivity contribution < 1.29 is 8.42 Å². The first-order valence-corrected chi connectivity index (χ1v) is 5.46. The molecule has 0 spiro atoms. The summed E-state index contributed by atoms with van der Waals surface area (Å²) in [5, 5.41) is 9.86. The Balaban J connectivity index is 3.09. The third kappa shape index (κ3) is 1.92. The molecule has 0 saturated heterocycles. The SMILES string of the molecule is CC(C)n1nnc(S(=O)(=O)Cl)n1. The molecule has 68 valence electrons. The zero-order chi connectivity index (χ0) is 9.35. The second-order valence-electron chi connectivity index (χ2n) is 2.42. The topological polar surface area (TPSA) is 77.7 Å². The van der Waals surface area contributed by atoms with Crippen molar-refractivity contribution in [1.29, 1.82) is 0 Å². The van der Waals surface area contributed by atoms with Gasteiger partial charge in [0.15, 0.2) is 0 Å². The number of rotatable bonds is 2. The summed E-state index contributed by atoms with van der Waals surface area (Å²) in [6, 6.07) is -0.0373. The van der Waals surface area contributed by atoms with Crippen molar-refractivity contribution in [3.63, 3.8) is 0 Å². The maximum Gasteiger partial charge on any atom is 0.303 e. The lowest BCUT2D eigenvalue weighted by atomic mass is 10.4. The van der Waals surface area contributed by atoms with Crippen LogP contribution >= 0.6 is 10.7 Å². The Hall–Kier alpha value is -0.690. The molecule has 1 rings (SSSR count). The molecule has 1 aromatic heterocycles. The van der Waals surface area contributed by atoms with Crippen molar-refractivity contribution in [3.05, 3.63) is 0 Å². The molecular formula is C4H7ClN4O2S. The molecule has 0 saturated carbocycles. The highest BCUT2D eigenvalue weighted by atomic mass is 35.7. The van der Waals surface area contributed by atoms with Gasteiger partial charge in [-0.1, -0.05) is 5.10 Å². The largest absolute Gasteiger partial charge is 0.303 e. The third-order valence-corrected chi connectivity index (χ3v) is 2.10. The zero-order valence-electron chi connectivity index (χ0n) is 6.47. The van der Waals surface area contributed by atoms with Crippen LogP contribution in [0.3, 0.4) is 0 Å². The van der Waals surface area contributed by atoms with Crippen LogP contribution in [0.1, 0.15) is 19.9 Å². The molecule has 0 aromatic carbocycles. The maximum atomic E-state index is 10.7. The number of hydrogen-bond donors (Lipinski definition) is 0. The Morgan fingerprint density at radius 3 is 2.33 bits per heavy atom. The molecule has 8 heteroatoms. The minimum Gasteiger partial charge on any atom is -0.203 e. The van der Waals surface area contributed by atoms with Gasteiger partial charge in [0.1, 0.15) is 0 Å². The third-order valence-electron chi connectivity index (χ3n) is 1.09. The van der Waals surface area contributed by atoms with Crippen LogP contribution in [0, 0.1) is 0 Å². The van der Waals surface area contributed by atoms with Gasteiger partial charge in [-0.2, -0.15) is 4.80 Å². The monoisotopic (exact) mass is 210 g/mol. The molecule has 0 amide bonds. The van der Waals surface area contributed by atoms with Crippen molar-refractivity contribution in [2.75, 3.05) is 0 Å². The molecule has 0 unspecified atom stereocenters. The van der Waals surface area contributed by atoms with Crippen molar-refractivity contribution in [2.45, 2.75) is 25.0 Å². The van der Waals surface area contributed by atoms with E-state index >= 15 is 0 Å². The predicted molar refractivity (Wildman–Crippen MR) is 41.2 cm³/mol. The van der Waals surface area contributed by atoms with E-state index in [1.807, 2.05) is 0 Å². The molecular weight excluding hydrogens is 204 g/mol. The Bertz CT molecular complexity index is 370. The van der Waals surface area contributed by atoms with E-state index in [1.165, 1.54) is 4.80 Å². The second-order valence-corrected chi connectivity index (χ2v) is 4.88. The Morgan fingerprint density at radius 1 is 1.50 bits per heavy atom. The van der Waals surface area contributed by atoms with E-state index in [4.69, 9.17) is 10.7 Å². The van der Waals surface area contributed by atoms with Gasteiger partial charge in [-0.25, -0.2) is 8.42 Å². The van der Waals surface area contributed by atoms with E-state index < -0.39 is 14.2 Å². The molecule has 1 aromatic rings. The normalized spacial score (nSPS) is 12.3. The first-order chi connectivity index (χ1) is 5.41. The minimum absolute atomic E-state index is 0.0373. The van der Waals surface area contributed by atoms with Gasteiger partial charge in [-0.3, -0.25) is 0 Å². The van der Waals surface area contributed by atoms with Crippen LogP contribution in [-0.2, 0) is 9.05 Å². The van der Waals surface area contributed by atoms with Crippen LogP contribution in [0.4, 0.5) is 0 Å². The zero-order valence-corrected chi connectivity index (χ0v) is 8.04. The number of halogens is 1. The molecule has 0 aliphatic rings. The molecule has 6 nitrogen and oxygen atoms in total. The fourth-order valence-corrected chi connectivity index (χ4v) is 1.03. The van der Waals surface area contributed by atoms with Gasteiger partial charge in [0, 0.05) is 10.7 Å². The summed E-state index contributed by atoms with van der Waals surface area (Å²) in [6.45, 7) is 3.60. The van der Waals surface area contributed by atoms with Crippen LogP contribution < -0.4 is 0 Å². The number of nitrogens with zero attached hydrogens (tertiary/aromatic N) is 4. The summed E-state index contributed by atoms with van der Waals surface area (Å²) in [7, 11) is 1.12. The number of aromatic nitrogens is 4. The quantitative estimate of drug-likeness (QED) is 0.651. The van der Waals surface area contributed by atoms with E-state index in [0.717, 1.165) is 0 Å². The summed E-state index contributed by atoms with van der Waals surface area (Å²) >= 11 is 0. The van der Waals surface area contributed by atoms with Gasteiger partial charge in [0.25, 0.3) is 9.05 Å². The lowest BCUT2D eigenvalue weighted by molar-refractivity contribution is 0.451. The molecule has 0 fully saturated rings. The molecule has 0 bridgehead atoms. The first-order valence-electron chi connectivity index (χ1n) is 3.15. The Labute approximate surface area is 73.9 Å². The standard InChI is InChI=1S/C4H7ClN4O2S/c1-3(2)9-7-4(6-8-9)12(5,10)11/h3H,1-2H3. The summed E-state index contributed by atoms with van der Waals surface area (Å²) in [4.78, 5) is 1.18. The lowest BCUT2D eigenvalue weighted by Gasteiger charge is -1.98. The average molecular weight is 211 g/mol. The number of hydrogen-bond acceptors (Lipinski definition) is 5. The lowest BCUT2D eigenvalue weighted by Crippen LogP contribution is -2.05. The van der Waals surface area contributed by atoms with Crippen molar-refractivity contribution in [3.8, 4) is 0 Å². The highest BCUT2D eigenvalue weighted by molar-refractivity contribution is 8.13. The molecule has 0 aliphatic heterocycles. The van der Waals surface area contributed by atoms with E-state index in [0.29, 0.717) is 0 Å². The highest BCUT2D eigenvalue weighted by Gasteiger charge is 2.17. The summed E-state index contributed by atoms with van der Waals surface area (Å²) in [6.07, 6.45) is 0. The summed E-state index contributed by atoms with van der Waals surface area (Å²) in [5.41, 5.74) is 0. The van der Waals surface area contributed by atoms with E-state index in [9.17, 15) is 8.42 Å². The van der Waals surface area contributed by atoms with Crippen LogP contribution in [0.15, 0.2) is 5.16 Å². The van der Waals surface area contributed by atoms with Crippen molar-refractivity contribution >= 4 is 19.7 Å². The van der Waals surface area contributed by atoms with Crippen LogP contribution in [0.25, 0.3) is 0 Å². The van der Waals surface area contributed by atoms with Crippen molar-refractivity contribution in [2.24, 2.45) is 0 Å².